The molecule has 0 aliphatic carbocycles. The summed E-state index contributed by atoms with van der Waals surface area (Å²) in [7, 11) is 0. The molecule has 144 valence electrons. The number of nitrogens with zero attached hydrogens (tertiary/aromatic N) is 1. The van der Waals surface area contributed by atoms with Crippen LogP contribution in [0.1, 0.15) is 105 Å². The van der Waals surface area contributed by atoms with Crippen molar-refractivity contribution in [3.63, 3.8) is 0 Å². The van der Waals surface area contributed by atoms with Crippen molar-refractivity contribution in [2.24, 2.45) is 4.99 Å². The van der Waals surface area contributed by atoms with E-state index in [0.717, 1.165) is 32.6 Å². The summed E-state index contributed by atoms with van der Waals surface area (Å²) in [5.41, 5.74) is 1.29. The number of hydrogen-bond acceptors (Lipinski definition) is 3. The van der Waals surface area contributed by atoms with Crippen molar-refractivity contribution < 1.29 is 9.47 Å². The normalized spacial score (nSPS) is 12.8. The van der Waals surface area contributed by atoms with Crippen LogP contribution in [-0.4, -0.2) is 31.3 Å². The Morgan fingerprint density at radius 2 is 1.21 bits per heavy atom. The minimum Gasteiger partial charge on any atom is -0.351 e. The maximum atomic E-state index is 5.75. The molecule has 0 saturated heterocycles. The van der Waals surface area contributed by atoms with Crippen molar-refractivity contribution in [2.45, 2.75) is 111 Å². The van der Waals surface area contributed by atoms with Crippen molar-refractivity contribution in [2.75, 3.05) is 19.8 Å². The Morgan fingerprint density at radius 3 is 1.67 bits per heavy atom. The van der Waals surface area contributed by atoms with Crippen molar-refractivity contribution in [1.82, 2.24) is 0 Å². The van der Waals surface area contributed by atoms with Crippen molar-refractivity contribution in [3.05, 3.63) is 0 Å². The van der Waals surface area contributed by atoms with E-state index in [9.17, 15) is 0 Å². The molecule has 0 amide bonds. The molecule has 3 heteroatoms. The molecule has 0 spiro atoms. The standard InChI is InChI=1S/C21H43NO2/c1-6-20(4)22-19-17-15-13-11-9-10-12-14-16-18-21(5,23-7-2)24-8-3/h6-19H2,1-5H3. The Hall–Kier alpha value is -0.410. The van der Waals surface area contributed by atoms with Gasteiger partial charge in [-0.3, -0.25) is 4.99 Å². The first kappa shape index (κ1) is 23.6. The van der Waals surface area contributed by atoms with E-state index in [1.54, 1.807) is 0 Å². The summed E-state index contributed by atoms with van der Waals surface area (Å²) >= 11 is 0. The Kier molecular flexibility index (Phi) is 15.8. The second-order valence-corrected chi connectivity index (χ2v) is 6.90. The van der Waals surface area contributed by atoms with Gasteiger partial charge in [-0.05, 0) is 47.0 Å². The summed E-state index contributed by atoms with van der Waals surface area (Å²) in [6.45, 7) is 12.9. The van der Waals surface area contributed by atoms with Gasteiger partial charge >= 0.3 is 0 Å². The van der Waals surface area contributed by atoms with Crippen LogP contribution in [-0.2, 0) is 9.47 Å². The highest BCUT2D eigenvalue weighted by molar-refractivity contribution is 5.81. The van der Waals surface area contributed by atoms with Gasteiger partial charge in [-0.1, -0.05) is 51.9 Å². The molecule has 0 bridgehead atoms. The summed E-state index contributed by atoms with van der Waals surface area (Å²) in [5.74, 6) is -0.373. The molecule has 0 aromatic carbocycles. The van der Waals surface area contributed by atoms with Gasteiger partial charge < -0.3 is 9.47 Å². The summed E-state index contributed by atoms with van der Waals surface area (Å²) in [6, 6.07) is 0. The van der Waals surface area contributed by atoms with E-state index in [4.69, 9.17) is 9.47 Å². The maximum absolute atomic E-state index is 5.75. The molecule has 3 nitrogen and oxygen atoms in total. The van der Waals surface area contributed by atoms with Gasteiger partial charge in [0, 0.05) is 31.9 Å². The van der Waals surface area contributed by atoms with Crippen LogP contribution in [0.15, 0.2) is 4.99 Å². The van der Waals surface area contributed by atoms with Crippen LogP contribution in [0.5, 0.6) is 0 Å². The van der Waals surface area contributed by atoms with Gasteiger partial charge in [-0.2, -0.15) is 0 Å². The summed E-state index contributed by atoms with van der Waals surface area (Å²) in [5, 5.41) is 0. The lowest BCUT2D eigenvalue weighted by atomic mass is 10.0. The SMILES string of the molecule is CCOC(C)(CCCCCCCCCCCN=C(C)CC)OCC. The topological polar surface area (TPSA) is 30.8 Å². The zero-order chi connectivity index (χ0) is 18.1. The van der Waals surface area contributed by atoms with E-state index < -0.39 is 0 Å². The van der Waals surface area contributed by atoms with Crippen LogP contribution in [0, 0.1) is 0 Å². The zero-order valence-electron chi connectivity index (χ0n) is 17.2. The average Bonchev–Trinajstić information content (AvgIpc) is 2.56. The molecule has 0 unspecified atom stereocenters. The van der Waals surface area contributed by atoms with Gasteiger partial charge in [0.05, 0.1) is 0 Å². The molecule has 0 heterocycles. The van der Waals surface area contributed by atoms with E-state index in [2.05, 4.69) is 25.8 Å². The molecule has 0 aliphatic heterocycles. The Bertz CT molecular complexity index is 296. The lowest BCUT2D eigenvalue weighted by molar-refractivity contribution is -0.225. The molecule has 0 aliphatic rings. The van der Waals surface area contributed by atoms with Gasteiger partial charge in [0.25, 0.3) is 0 Å². The van der Waals surface area contributed by atoms with Crippen molar-refractivity contribution in [3.8, 4) is 0 Å². The third-order valence-electron chi connectivity index (χ3n) is 4.58. The number of ether oxygens (including phenoxy) is 2. The van der Waals surface area contributed by atoms with Gasteiger partial charge in [0.1, 0.15) is 0 Å². The quantitative estimate of drug-likeness (QED) is 0.171. The number of aliphatic imine (C=N–C) groups is 1. The first-order valence-corrected chi connectivity index (χ1v) is 10.4. The highest BCUT2D eigenvalue weighted by Crippen LogP contribution is 2.21. The molecule has 0 radical (unpaired) electrons. The minimum absolute atomic E-state index is 0.373. The second-order valence-electron chi connectivity index (χ2n) is 6.90. The van der Waals surface area contributed by atoms with E-state index in [1.165, 1.54) is 63.5 Å². The first-order valence-electron chi connectivity index (χ1n) is 10.4. The molecule has 0 atom stereocenters. The highest BCUT2D eigenvalue weighted by atomic mass is 16.7. The summed E-state index contributed by atoms with van der Waals surface area (Å²) < 4.78 is 11.5. The van der Waals surface area contributed by atoms with Crippen LogP contribution >= 0.6 is 0 Å². The molecule has 0 aromatic heterocycles. The molecule has 0 fully saturated rings. The Balaban J connectivity index is 3.41. The zero-order valence-corrected chi connectivity index (χ0v) is 17.2. The smallest absolute Gasteiger partial charge is 0.165 e. The third-order valence-corrected chi connectivity index (χ3v) is 4.58. The second kappa shape index (κ2) is 16.1. The first-order chi connectivity index (χ1) is 11.6. The van der Waals surface area contributed by atoms with Crippen molar-refractivity contribution >= 4 is 5.71 Å². The maximum Gasteiger partial charge on any atom is 0.165 e. The molecule has 0 saturated carbocycles. The molecule has 0 N–H and O–H groups in total. The van der Waals surface area contributed by atoms with E-state index in [-0.39, 0.29) is 5.79 Å². The van der Waals surface area contributed by atoms with E-state index in [0.29, 0.717) is 0 Å². The highest BCUT2D eigenvalue weighted by Gasteiger charge is 2.23. The van der Waals surface area contributed by atoms with E-state index in [1.807, 2.05) is 13.8 Å². The van der Waals surface area contributed by atoms with E-state index >= 15 is 0 Å². The predicted octanol–water partition coefficient (Wildman–Crippen LogP) is 6.55. The Labute approximate surface area is 151 Å². The third kappa shape index (κ3) is 14.0. The fraction of sp³-hybridized carbons (Fsp3) is 0.952. The average molecular weight is 342 g/mol. The van der Waals surface area contributed by atoms with Crippen LogP contribution in [0.4, 0.5) is 0 Å². The number of unbranched alkanes of at least 4 members (excludes halogenated alkanes) is 8. The molecular weight excluding hydrogens is 298 g/mol. The van der Waals surface area contributed by atoms with Crippen LogP contribution in [0.2, 0.25) is 0 Å². The summed E-state index contributed by atoms with van der Waals surface area (Å²) in [4.78, 5) is 4.55. The number of rotatable bonds is 17. The molecular formula is C21H43NO2. The number of hydrogen-bond donors (Lipinski definition) is 0. The van der Waals surface area contributed by atoms with Gasteiger partial charge in [-0.15, -0.1) is 0 Å². The Morgan fingerprint density at radius 1 is 0.750 bits per heavy atom. The molecule has 0 rings (SSSR count). The van der Waals surface area contributed by atoms with Crippen LogP contribution < -0.4 is 0 Å². The van der Waals surface area contributed by atoms with Crippen LogP contribution in [0.3, 0.4) is 0 Å². The largest absolute Gasteiger partial charge is 0.351 e. The molecule has 0 aromatic rings. The van der Waals surface area contributed by atoms with Gasteiger partial charge in [-0.25, -0.2) is 0 Å². The lowest BCUT2D eigenvalue weighted by Crippen LogP contribution is -2.32. The fourth-order valence-electron chi connectivity index (χ4n) is 2.97. The molecule has 24 heavy (non-hydrogen) atoms. The lowest BCUT2D eigenvalue weighted by Gasteiger charge is -2.29. The monoisotopic (exact) mass is 341 g/mol. The van der Waals surface area contributed by atoms with Crippen LogP contribution in [0.25, 0.3) is 0 Å². The van der Waals surface area contributed by atoms with Gasteiger partial charge in [0.2, 0.25) is 0 Å². The fourth-order valence-corrected chi connectivity index (χ4v) is 2.97. The summed E-state index contributed by atoms with van der Waals surface area (Å²) in [6.07, 6.45) is 14.0. The minimum atomic E-state index is -0.373. The predicted molar refractivity (Wildman–Crippen MR) is 106 cm³/mol. The van der Waals surface area contributed by atoms with Gasteiger partial charge in [0.15, 0.2) is 5.79 Å². The van der Waals surface area contributed by atoms with Crippen molar-refractivity contribution in [1.29, 1.82) is 0 Å².